The number of amides is 1. The number of hydrogen-bond acceptors (Lipinski definition) is 6. The van der Waals surface area contributed by atoms with E-state index in [4.69, 9.17) is 10.5 Å². The summed E-state index contributed by atoms with van der Waals surface area (Å²) >= 11 is 0. The molecule has 1 aromatic heterocycles. The third-order valence-corrected chi connectivity index (χ3v) is 4.48. The van der Waals surface area contributed by atoms with Gasteiger partial charge in [-0.05, 0) is 25.0 Å². The first-order valence-corrected chi connectivity index (χ1v) is 8.75. The number of nitrogens with zero attached hydrogens (tertiary/aromatic N) is 3. The topological polar surface area (TPSA) is 103 Å². The zero-order chi connectivity index (χ0) is 18.7. The van der Waals surface area contributed by atoms with E-state index in [2.05, 4.69) is 20.3 Å². The number of carbonyl (C=O) groups is 1. The number of anilines is 2. The number of rotatable bonds is 5. The molecule has 1 aliphatic rings. The highest BCUT2D eigenvalue weighted by atomic mass is 16.5. The van der Waals surface area contributed by atoms with Crippen LogP contribution in [0.4, 0.5) is 11.6 Å². The highest BCUT2D eigenvalue weighted by molar-refractivity contribution is 5.84. The quantitative estimate of drug-likeness (QED) is 0.724. The lowest BCUT2D eigenvalue weighted by Gasteiger charge is -2.23. The van der Waals surface area contributed by atoms with Crippen molar-refractivity contribution in [3.8, 4) is 11.4 Å². The van der Waals surface area contributed by atoms with Gasteiger partial charge in [0.1, 0.15) is 0 Å². The van der Waals surface area contributed by atoms with E-state index in [0.717, 1.165) is 17.7 Å². The summed E-state index contributed by atoms with van der Waals surface area (Å²) in [7, 11) is 0. The SMILES string of the molecule is NC(=O)C1(c2nc(Nc3ccccc3)nc(-c3ccccc3)n2)CCCO1. The van der Waals surface area contributed by atoms with Gasteiger partial charge >= 0.3 is 0 Å². The molecule has 27 heavy (non-hydrogen) atoms. The molecular formula is C20H19N5O2. The number of para-hydroxylation sites is 1. The van der Waals surface area contributed by atoms with Gasteiger partial charge in [-0.15, -0.1) is 0 Å². The molecule has 1 unspecified atom stereocenters. The van der Waals surface area contributed by atoms with E-state index in [-0.39, 0.29) is 5.82 Å². The summed E-state index contributed by atoms with van der Waals surface area (Å²) in [5, 5.41) is 3.16. The molecule has 3 N–H and O–H groups in total. The van der Waals surface area contributed by atoms with Crippen LogP contribution in [-0.2, 0) is 15.1 Å². The number of benzene rings is 2. The van der Waals surface area contributed by atoms with Gasteiger partial charge in [0.05, 0.1) is 0 Å². The number of ether oxygens (including phenoxy) is 1. The first-order valence-electron chi connectivity index (χ1n) is 8.75. The van der Waals surface area contributed by atoms with Crippen molar-refractivity contribution < 1.29 is 9.53 Å². The van der Waals surface area contributed by atoms with Crippen LogP contribution < -0.4 is 11.1 Å². The van der Waals surface area contributed by atoms with E-state index in [1.165, 1.54) is 0 Å². The Morgan fingerprint density at radius 2 is 1.70 bits per heavy atom. The normalized spacial score (nSPS) is 19.0. The Morgan fingerprint density at radius 1 is 1.00 bits per heavy atom. The first kappa shape index (κ1) is 17.1. The zero-order valence-corrected chi connectivity index (χ0v) is 14.6. The Labute approximate surface area is 156 Å². The number of primary amides is 1. The van der Waals surface area contributed by atoms with Crippen LogP contribution in [0, 0.1) is 0 Å². The van der Waals surface area contributed by atoms with Crippen molar-refractivity contribution in [2.24, 2.45) is 5.73 Å². The van der Waals surface area contributed by atoms with Crippen LogP contribution in [0.3, 0.4) is 0 Å². The van der Waals surface area contributed by atoms with E-state index in [0.29, 0.717) is 24.8 Å². The van der Waals surface area contributed by atoms with Crippen molar-refractivity contribution in [2.45, 2.75) is 18.4 Å². The van der Waals surface area contributed by atoms with Crippen molar-refractivity contribution >= 4 is 17.5 Å². The molecule has 0 bridgehead atoms. The largest absolute Gasteiger partial charge is 0.367 e. The smallest absolute Gasteiger partial charge is 0.257 e. The van der Waals surface area contributed by atoms with Gasteiger partial charge in [0.2, 0.25) is 11.5 Å². The molecule has 2 aromatic carbocycles. The number of aromatic nitrogens is 3. The van der Waals surface area contributed by atoms with Crippen LogP contribution in [0.5, 0.6) is 0 Å². The fourth-order valence-corrected chi connectivity index (χ4v) is 3.10. The Bertz CT molecular complexity index is 941. The van der Waals surface area contributed by atoms with Crippen LogP contribution in [-0.4, -0.2) is 27.5 Å². The second-order valence-electron chi connectivity index (χ2n) is 6.31. The fourth-order valence-electron chi connectivity index (χ4n) is 3.10. The van der Waals surface area contributed by atoms with Gasteiger partial charge < -0.3 is 15.8 Å². The molecule has 1 saturated heterocycles. The van der Waals surface area contributed by atoms with E-state index in [9.17, 15) is 4.79 Å². The van der Waals surface area contributed by atoms with Crippen LogP contribution in [0.1, 0.15) is 18.7 Å². The number of nitrogens with two attached hydrogens (primary N) is 1. The predicted molar refractivity (Wildman–Crippen MR) is 101 cm³/mol. The van der Waals surface area contributed by atoms with Crippen LogP contribution in [0.15, 0.2) is 60.7 Å². The average Bonchev–Trinajstić information content (AvgIpc) is 3.21. The third kappa shape index (κ3) is 3.37. The summed E-state index contributed by atoms with van der Waals surface area (Å²) in [6.45, 7) is 0.441. The summed E-state index contributed by atoms with van der Waals surface area (Å²) in [5.74, 6) is 0.437. The molecular weight excluding hydrogens is 342 g/mol. The number of nitrogens with one attached hydrogen (secondary N) is 1. The molecule has 0 saturated carbocycles. The van der Waals surface area contributed by atoms with Crippen molar-refractivity contribution in [3.63, 3.8) is 0 Å². The number of carbonyl (C=O) groups excluding carboxylic acids is 1. The summed E-state index contributed by atoms with van der Waals surface area (Å²) in [4.78, 5) is 25.7. The fraction of sp³-hybridized carbons (Fsp3) is 0.200. The van der Waals surface area contributed by atoms with Crippen molar-refractivity contribution in [2.75, 3.05) is 11.9 Å². The molecule has 3 aromatic rings. The zero-order valence-electron chi connectivity index (χ0n) is 14.6. The highest BCUT2D eigenvalue weighted by Crippen LogP contribution is 2.35. The molecule has 4 rings (SSSR count). The Hall–Kier alpha value is -3.32. The van der Waals surface area contributed by atoms with Crippen molar-refractivity contribution in [1.82, 2.24) is 15.0 Å². The highest BCUT2D eigenvalue weighted by Gasteiger charge is 2.46. The minimum Gasteiger partial charge on any atom is -0.367 e. The van der Waals surface area contributed by atoms with Crippen LogP contribution in [0.2, 0.25) is 0 Å². The Balaban J connectivity index is 1.83. The van der Waals surface area contributed by atoms with Gasteiger partial charge in [-0.2, -0.15) is 9.97 Å². The molecule has 0 spiro atoms. The molecule has 2 heterocycles. The molecule has 136 valence electrons. The monoisotopic (exact) mass is 361 g/mol. The lowest BCUT2D eigenvalue weighted by Crippen LogP contribution is -2.42. The van der Waals surface area contributed by atoms with Crippen molar-refractivity contribution in [3.05, 3.63) is 66.5 Å². The third-order valence-electron chi connectivity index (χ3n) is 4.48. The molecule has 0 aliphatic carbocycles. The second kappa shape index (κ2) is 7.13. The average molecular weight is 361 g/mol. The lowest BCUT2D eigenvalue weighted by atomic mass is 9.98. The van der Waals surface area contributed by atoms with Gasteiger partial charge in [0.15, 0.2) is 11.6 Å². The van der Waals surface area contributed by atoms with E-state index >= 15 is 0 Å². The lowest BCUT2D eigenvalue weighted by molar-refractivity contribution is -0.139. The summed E-state index contributed by atoms with van der Waals surface area (Å²) in [6.07, 6.45) is 1.17. The second-order valence-corrected chi connectivity index (χ2v) is 6.31. The summed E-state index contributed by atoms with van der Waals surface area (Å²) < 4.78 is 5.73. The molecule has 0 radical (unpaired) electrons. The van der Waals surface area contributed by atoms with Gasteiger partial charge in [0, 0.05) is 17.9 Å². The van der Waals surface area contributed by atoms with Gasteiger partial charge in [0.25, 0.3) is 5.91 Å². The first-order chi connectivity index (χ1) is 13.2. The molecule has 7 nitrogen and oxygen atoms in total. The van der Waals surface area contributed by atoms with Crippen LogP contribution in [0.25, 0.3) is 11.4 Å². The number of hydrogen-bond donors (Lipinski definition) is 2. The Morgan fingerprint density at radius 3 is 2.33 bits per heavy atom. The maximum atomic E-state index is 12.2. The molecule has 1 atom stereocenters. The minimum absolute atomic E-state index is 0.236. The standard InChI is InChI=1S/C20H19N5O2/c21-17(26)20(12-7-13-27-20)18-23-16(14-8-3-1-4-9-14)24-19(25-18)22-15-10-5-2-6-11-15/h1-6,8-11H,7,12-13H2,(H2,21,26)(H,22,23,24,25). The summed E-state index contributed by atoms with van der Waals surface area (Å²) in [6, 6.07) is 19.1. The minimum atomic E-state index is -1.32. The van der Waals surface area contributed by atoms with E-state index in [1.54, 1.807) is 0 Å². The molecule has 7 heteroatoms. The summed E-state index contributed by atoms with van der Waals surface area (Å²) in [5.41, 5.74) is 5.99. The van der Waals surface area contributed by atoms with Gasteiger partial charge in [-0.25, -0.2) is 4.98 Å². The molecule has 1 aliphatic heterocycles. The maximum Gasteiger partial charge on any atom is 0.257 e. The van der Waals surface area contributed by atoms with Gasteiger partial charge in [-0.3, -0.25) is 4.79 Å². The van der Waals surface area contributed by atoms with Crippen molar-refractivity contribution in [1.29, 1.82) is 0 Å². The predicted octanol–water partition coefficient (Wildman–Crippen LogP) is 2.77. The van der Waals surface area contributed by atoms with Gasteiger partial charge in [-0.1, -0.05) is 48.5 Å². The molecule has 1 fully saturated rings. The van der Waals surface area contributed by atoms with E-state index in [1.807, 2.05) is 60.7 Å². The Kier molecular flexibility index (Phi) is 4.52. The van der Waals surface area contributed by atoms with E-state index < -0.39 is 11.5 Å². The van der Waals surface area contributed by atoms with Crippen LogP contribution >= 0.6 is 0 Å². The molecule has 1 amide bonds. The maximum absolute atomic E-state index is 12.2.